The van der Waals surface area contributed by atoms with Crippen molar-refractivity contribution in [1.82, 2.24) is 4.98 Å². The van der Waals surface area contributed by atoms with Crippen molar-refractivity contribution in [2.45, 2.75) is 20.8 Å². The Balaban J connectivity index is 2.92. The number of hydrogen-bond donors (Lipinski definition) is 0. The van der Waals surface area contributed by atoms with Gasteiger partial charge in [-0.3, -0.25) is 0 Å². The van der Waals surface area contributed by atoms with Crippen LogP contribution in [0.3, 0.4) is 0 Å². The average molecular weight is 240 g/mol. The molecule has 2 aromatic rings. The molecule has 68 valence electrons. The van der Waals surface area contributed by atoms with Gasteiger partial charge in [-0.25, -0.2) is 4.98 Å². The molecule has 0 atom stereocenters. The largest absolute Gasteiger partial charge is 0.441 e. The van der Waals surface area contributed by atoms with E-state index in [-0.39, 0.29) is 0 Å². The molecule has 1 heterocycles. The van der Waals surface area contributed by atoms with E-state index in [1.165, 1.54) is 5.56 Å². The van der Waals surface area contributed by atoms with E-state index in [2.05, 4.69) is 27.8 Å². The first-order chi connectivity index (χ1) is 6.09. The van der Waals surface area contributed by atoms with Crippen LogP contribution in [-0.2, 0) is 0 Å². The molecule has 0 amide bonds. The first-order valence-electron chi connectivity index (χ1n) is 4.12. The molecule has 0 aliphatic heterocycles. The van der Waals surface area contributed by atoms with Crippen LogP contribution in [0.4, 0.5) is 0 Å². The molecular weight excluding hydrogens is 230 g/mol. The predicted octanol–water partition coefficient (Wildman–Crippen LogP) is 3.52. The second-order valence-electron chi connectivity index (χ2n) is 3.19. The lowest BCUT2D eigenvalue weighted by Crippen LogP contribution is -1.83. The van der Waals surface area contributed by atoms with Crippen LogP contribution in [0.2, 0.25) is 0 Å². The molecule has 1 aromatic carbocycles. The number of oxazole rings is 1. The summed E-state index contributed by atoms with van der Waals surface area (Å²) in [4.78, 5) is 4.28. The molecule has 2 rings (SSSR count). The summed E-state index contributed by atoms with van der Waals surface area (Å²) in [6.07, 6.45) is 0. The molecule has 0 aliphatic carbocycles. The maximum atomic E-state index is 5.50. The Bertz CT molecular complexity index is 473. The zero-order chi connectivity index (χ0) is 9.59. The Morgan fingerprint density at radius 1 is 1.23 bits per heavy atom. The fraction of sp³-hybridized carbons (Fsp3) is 0.300. The zero-order valence-electron chi connectivity index (χ0n) is 7.81. The quantitative estimate of drug-likeness (QED) is 0.704. The Morgan fingerprint density at radius 2 is 1.92 bits per heavy atom. The zero-order valence-corrected chi connectivity index (χ0v) is 9.40. The van der Waals surface area contributed by atoms with Crippen molar-refractivity contribution in [2.75, 3.05) is 0 Å². The van der Waals surface area contributed by atoms with Gasteiger partial charge in [-0.15, -0.1) is 0 Å². The molecule has 0 bridgehead atoms. The fourth-order valence-corrected chi connectivity index (χ4v) is 1.90. The highest BCUT2D eigenvalue weighted by Gasteiger charge is 2.09. The Morgan fingerprint density at radius 3 is 2.62 bits per heavy atom. The SMILES string of the molecule is Cc1nc2cc(Br)c(C)c(C)c2o1. The van der Waals surface area contributed by atoms with E-state index < -0.39 is 0 Å². The Hall–Kier alpha value is -0.830. The van der Waals surface area contributed by atoms with E-state index in [9.17, 15) is 0 Å². The van der Waals surface area contributed by atoms with Crippen LogP contribution in [0.1, 0.15) is 17.0 Å². The first-order valence-corrected chi connectivity index (χ1v) is 4.91. The van der Waals surface area contributed by atoms with E-state index in [1.807, 2.05) is 19.9 Å². The summed E-state index contributed by atoms with van der Waals surface area (Å²) < 4.78 is 6.59. The average Bonchev–Trinajstić information content (AvgIpc) is 2.42. The minimum Gasteiger partial charge on any atom is -0.441 e. The van der Waals surface area contributed by atoms with Gasteiger partial charge in [-0.05, 0) is 31.0 Å². The summed E-state index contributed by atoms with van der Waals surface area (Å²) in [6.45, 7) is 5.98. The van der Waals surface area contributed by atoms with Crippen LogP contribution < -0.4 is 0 Å². The lowest BCUT2D eigenvalue weighted by Gasteiger charge is -2.01. The molecule has 3 heteroatoms. The van der Waals surface area contributed by atoms with Crippen molar-refractivity contribution in [3.8, 4) is 0 Å². The number of fused-ring (bicyclic) bond motifs is 1. The second kappa shape index (κ2) is 2.84. The molecule has 0 spiro atoms. The number of halogens is 1. The molecule has 2 nitrogen and oxygen atoms in total. The normalized spacial score (nSPS) is 11.1. The molecule has 0 aliphatic rings. The first kappa shape index (κ1) is 8.75. The molecule has 0 unspecified atom stereocenters. The highest BCUT2D eigenvalue weighted by Crippen LogP contribution is 2.28. The molecule has 13 heavy (non-hydrogen) atoms. The van der Waals surface area contributed by atoms with Gasteiger partial charge in [0.2, 0.25) is 0 Å². The molecule has 1 aromatic heterocycles. The number of nitrogens with zero attached hydrogens (tertiary/aromatic N) is 1. The maximum Gasteiger partial charge on any atom is 0.192 e. The van der Waals surface area contributed by atoms with Gasteiger partial charge >= 0.3 is 0 Å². The van der Waals surface area contributed by atoms with Gasteiger partial charge in [0.05, 0.1) is 0 Å². The minimum atomic E-state index is 0.718. The molecule has 0 fully saturated rings. The van der Waals surface area contributed by atoms with Crippen LogP contribution in [0.25, 0.3) is 11.1 Å². The smallest absolute Gasteiger partial charge is 0.192 e. The summed E-state index contributed by atoms with van der Waals surface area (Å²) in [7, 11) is 0. The summed E-state index contributed by atoms with van der Waals surface area (Å²) in [6, 6.07) is 1.99. The standard InChI is InChI=1S/C10H10BrNO/c1-5-6(2)10-9(4-8(5)11)12-7(3)13-10/h4H,1-3H3. The molecule has 0 radical (unpaired) electrons. The molecular formula is C10H10BrNO. The van der Waals surface area contributed by atoms with E-state index in [4.69, 9.17) is 4.42 Å². The molecule has 0 saturated heterocycles. The third kappa shape index (κ3) is 1.27. The number of rotatable bonds is 0. The van der Waals surface area contributed by atoms with E-state index >= 15 is 0 Å². The highest BCUT2D eigenvalue weighted by atomic mass is 79.9. The van der Waals surface area contributed by atoms with Gasteiger partial charge in [0.1, 0.15) is 5.52 Å². The van der Waals surface area contributed by atoms with Crippen LogP contribution in [0.15, 0.2) is 15.0 Å². The van der Waals surface area contributed by atoms with E-state index in [0.717, 1.165) is 27.0 Å². The van der Waals surface area contributed by atoms with E-state index in [1.54, 1.807) is 0 Å². The predicted molar refractivity (Wildman–Crippen MR) is 55.9 cm³/mol. The number of aryl methyl sites for hydroxylation is 2. The summed E-state index contributed by atoms with van der Waals surface area (Å²) in [5.41, 5.74) is 4.19. The Kier molecular flexibility index (Phi) is 1.91. The van der Waals surface area contributed by atoms with Crippen molar-refractivity contribution in [1.29, 1.82) is 0 Å². The summed E-state index contributed by atoms with van der Waals surface area (Å²) in [5.74, 6) is 0.718. The van der Waals surface area contributed by atoms with Gasteiger partial charge in [0.15, 0.2) is 11.5 Å². The fourth-order valence-electron chi connectivity index (χ4n) is 1.39. The van der Waals surface area contributed by atoms with E-state index in [0.29, 0.717) is 0 Å². The maximum absolute atomic E-state index is 5.50. The van der Waals surface area contributed by atoms with Crippen molar-refractivity contribution in [2.24, 2.45) is 0 Å². The van der Waals surface area contributed by atoms with Gasteiger partial charge in [-0.2, -0.15) is 0 Å². The van der Waals surface area contributed by atoms with Gasteiger partial charge in [0.25, 0.3) is 0 Å². The van der Waals surface area contributed by atoms with Gasteiger partial charge in [-0.1, -0.05) is 15.9 Å². The second-order valence-corrected chi connectivity index (χ2v) is 4.04. The van der Waals surface area contributed by atoms with Gasteiger partial charge < -0.3 is 4.42 Å². The third-order valence-corrected chi connectivity index (χ3v) is 3.11. The van der Waals surface area contributed by atoms with Crippen molar-refractivity contribution in [3.05, 3.63) is 27.6 Å². The lowest BCUT2D eigenvalue weighted by atomic mass is 10.1. The van der Waals surface area contributed by atoms with Crippen LogP contribution >= 0.6 is 15.9 Å². The number of hydrogen-bond acceptors (Lipinski definition) is 2. The third-order valence-electron chi connectivity index (χ3n) is 2.29. The van der Waals surface area contributed by atoms with Crippen molar-refractivity contribution < 1.29 is 4.42 Å². The van der Waals surface area contributed by atoms with Gasteiger partial charge in [0, 0.05) is 11.4 Å². The topological polar surface area (TPSA) is 26.0 Å². The number of aromatic nitrogens is 1. The van der Waals surface area contributed by atoms with Crippen molar-refractivity contribution >= 4 is 27.0 Å². The van der Waals surface area contributed by atoms with Crippen LogP contribution in [0.5, 0.6) is 0 Å². The van der Waals surface area contributed by atoms with Crippen molar-refractivity contribution in [3.63, 3.8) is 0 Å². The monoisotopic (exact) mass is 239 g/mol. The lowest BCUT2D eigenvalue weighted by molar-refractivity contribution is 0.559. The molecule has 0 N–H and O–H groups in total. The van der Waals surface area contributed by atoms with Crippen LogP contribution in [0, 0.1) is 20.8 Å². The number of benzene rings is 1. The van der Waals surface area contributed by atoms with Crippen LogP contribution in [-0.4, -0.2) is 4.98 Å². The highest BCUT2D eigenvalue weighted by molar-refractivity contribution is 9.10. The summed E-state index contributed by atoms with van der Waals surface area (Å²) in [5, 5.41) is 0. The Labute approximate surface area is 85.1 Å². The molecule has 0 saturated carbocycles. The summed E-state index contributed by atoms with van der Waals surface area (Å²) >= 11 is 3.49. The minimum absolute atomic E-state index is 0.718.